The lowest BCUT2D eigenvalue weighted by atomic mass is 9.72. The summed E-state index contributed by atoms with van der Waals surface area (Å²) in [6.45, 7) is 10.4. The summed E-state index contributed by atoms with van der Waals surface area (Å²) in [4.78, 5) is 37.1. The van der Waals surface area contributed by atoms with Crippen LogP contribution in [0.4, 0.5) is 17.1 Å². The number of ether oxygens (including phenoxy) is 3. The summed E-state index contributed by atoms with van der Waals surface area (Å²) in [6.07, 6.45) is 8.14. The zero-order valence-electron chi connectivity index (χ0n) is 35.3. The van der Waals surface area contributed by atoms with Crippen LogP contribution in [-0.2, 0) is 14.8 Å². The number of piperazine rings is 1. The Morgan fingerprint density at radius 3 is 2.52 bits per heavy atom. The predicted molar refractivity (Wildman–Crippen MR) is 239 cm³/mol. The molecule has 0 saturated carbocycles. The van der Waals surface area contributed by atoms with Gasteiger partial charge in [0, 0.05) is 81.9 Å². The van der Waals surface area contributed by atoms with Crippen molar-refractivity contribution in [1.29, 1.82) is 0 Å². The molecule has 15 nitrogen and oxygen atoms in total. The van der Waals surface area contributed by atoms with E-state index in [0.29, 0.717) is 31.2 Å². The highest BCUT2D eigenvalue weighted by Crippen LogP contribution is 2.43. The molecule has 326 valence electrons. The number of carbonyl (C=O) groups is 1. The topological polar surface area (TPSA) is 181 Å². The summed E-state index contributed by atoms with van der Waals surface area (Å²) in [6, 6.07) is 20.7. The van der Waals surface area contributed by atoms with Gasteiger partial charge in [-0.25, -0.2) is 18.1 Å². The third-order valence-corrected chi connectivity index (χ3v) is 13.5. The highest BCUT2D eigenvalue weighted by atomic mass is 32.2. The number of pyridine rings is 1. The molecule has 2 fully saturated rings. The van der Waals surface area contributed by atoms with Crippen LogP contribution in [0.5, 0.6) is 17.2 Å². The second-order valence-corrected chi connectivity index (χ2v) is 18.8. The smallest absolute Gasteiger partial charge is 0.293 e. The third kappa shape index (κ3) is 9.88. The summed E-state index contributed by atoms with van der Waals surface area (Å²) < 4.78 is 46.6. The lowest BCUT2D eigenvalue weighted by Gasteiger charge is -2.39. The van der Waals surface area contributed by atoms with E-state index >= 15 is 0 Å². The zero-order valence-corrected chi connectivity index (χ0v) is 36.1. The average molecular weight is 864 g/mol. The van der Waals surface area contributed by atoms with Crippen LogP contribution in [0.2, 0.25) is 0 Å². The van der Waals surface area contributed by atoms with Gasteiger partial charge in [0.05, 0.1) is 28.7 Å². The van der Waals surface area contributed by atoms with Gasteiger partial charge in [0.25, 0.3) is 21.6 Å². The van der Waals surface area contributed by atoms with Crippen LogP contribution in [0.1, 0.15) is 61.9 Å². The van der Waals surface area contributed by atoms with Crippen LogP contribution in [0.25, 0.3) is 16.6 Å². The van der Waals surface area contributed by atoms with Crippen LogP contribution in [0.15, 0.2) is 95.7 Å². The number of nitro benzene ring substituents is 1. The molecule has 0 radical (unpaired) electrons. The van der Waals surface area contributed by atoms with Gasteiger partial charge in [-0.15, -0.1) is 0 Å². The number of H-pyrrole nitrogens is 1. The van der Waals surface area contributed by atoms with Crippen molar-refractivity contribution in [2.75, 3.05) is 69.8 Å². The lowest BCUT2D eigenvalue weighted by Crippen LogP contribution is -2.47. The molecular weight excluding hydrogens is 811 g/mol. The van der Waals surface area contributed by atoms with Crippen LogP contribution in [-0.4, -0.2) is 93.7 Å². The number of nitrogens with zero attached hydrogens (tertiary/aromatic N) is 4. The largest absolute Gasteiger partial charge is 0.497 e. The number of carbonyl (C=O) groups excluding carboxylic acids is 1. The number of aromatic nitrogens is 2. The Balaban J connectivity index is 1.00. The van der Waals surface area contributed by atoms with Crippen LogP contribution >= 0.6 is 0 Å². The second-order valence-electron chi connectivity index (χ2n) is 17.1. The van der Waals surface area contributed by atoms with Crippen molar-refractivity contribution in [3.8, 4) is 17.2 Å². The minimum absolute atomic E-state index is 0.0346. The van der Waals surface area contributed by atoms with Gasteiger partial charge < -0.3 is 29.4 Å². The minimum atomic E-state index is -4.55. The SMILES string of the molecule is COc1ccc(C2=C(CN3CCN(c4ccc(C(=O)NS(=O)(=O)c5ccc(NCC6CCOCC6)c([N+](=O)[O-])c5)c(Oc5cnc6[nH]ccc6c5)c4)CC3)CCC(C)(C)C2)cc1. The molecule has 5 aromatic rings. The number of hydrogen-bond acceptors (Lipinski definition) is 12. The average Bonchev–Trinajstić information content (AvgIpc) is 3.75. The summed E-state index contributed by atoms with van der Waals surface area (Å²) in [7, 11) is -2.87. The van der Waals surface area contributed by atoms with Crippen molar-refractivity contribution in [3.05, 3.63) is 112 Å². The predicted octanol–water partition coefficient (Wildman–Crippen LogP) is 8.02. The fourth-order valence-corrected chi connectivity index (χ4v) is 9.53. The number of nitro groups is 1. The normalized spacial score (nSPS) is 17.5. The Hall–Kier alpha value is -5.97. The van der Waals surface area contributed by atoms with E-state index in [1.165, 1.54) is 35.0 Å². The number of fused-ring (bicyclic) bond motifs is 1. The summed E-state index contributed by atoms with van der Waals surface area (Å²) >= 11 is 0. The molecule has 0 bridgehead atoms. The number of allylic oxidation sites excluding steroid dienone is 1. The first-order valence-electron chi connectivity index (χ1n) is 21.1. The van der Waals surface area contributed by atoms with Crippen molar-refractivity contribution >= 4 is 49.6 Å². The maximum absolute atomic E-state index is 13.9. The van der Waals surface area contributed by atoms with E-state index in [1.54, 1.807) is 37.6 Å². The number of benzene rings is 3. The molecule has 2 saturated heterocycles. The molecule has 3 N–H and O–H groups in total. The number of aromatic amines is 1. The Morgan fingerprint density at radius 2 is 1.77 bits per heavy atom. The number of sulfonamides is 1. The van der Waals surface area contributed by atoms with E-state index in [0.717, 1.165) is 87.7 Å². The van der Waals surface area contributed by atoms with Gasteiger partial charge in [-0.05, 0) is 103 Å². The van der Waals surface area contributed by atoms with Crippen LogP contribution < -0.4 is 24.4 Å². The Bertz CT molecular complexity index is 2580. The van der Waals surface area contributed by atoms with Crippen molar-refractivity contribution in [3.63, 3.8) is 0 Å². The van der Waals surface area contributed by atoms with E-state index < -0.39 is 31.4 Å². The number of hydrogen-bond donors (Lipinski definition) is 3. The molecule has 1 amide bonds. The number of methoxy groups -OCH3 is 1. The monoisotopic (exact) mass is 863 g/mol. The first kappa shape index (κ1) is 42.7. The molecule has 4 heterocycles. The van der Waals surface area contributed by atoms with Crippen molar-refractivity contribution < 1.29 is 32.3 Å². The molecule has 2 aromatic heterocycles. The first-order valence-corrected chi connectivity index (χ1v) is 22.6. The van der Waals surface area contributed by atoms with E-state index in [-0.39, 0.29) is 28.3 Å². The third-order valence-electron chi connectivity index (χ3n) is 12.2. The molecule has 1 aliphatic carbocycles. The highest BCUT2D eigenvalue weighted by molar-refractivity contribution is 7.90. The molecule has 8 rings (SSSR count). The van der Waals surface area contributed by atoms with E-state index in [9.17, 15) is 23.3 Å². The molecule has 62 heavy (non-hydrogen) atoms. The van der Waals surface area contributed by atoms with E-state index in [1.807, 2.05) is 18.2 Å². The molecule has 0 atom stereocenters. The molecular formula is C46H53N7O8S. The molecule has 3 aliphatic rings. The molecule has 0 spiro atoms. The van der Waals surface area contributed by atoms with E-state index in [2.05, 4.69) is 55.8 Å². The van der Waals surface area contributed by atoms with Gasteiger partial charge >= 0.3 is 0 Å². The molecule has 2 aliphatic heterocycles. The molecule has 0 unspecified atom stereocenters. The summed E-state index contributed by atoms with van der Waals surface area (Å²) in [5.41, 5.74) is 5.59. The zero-order chi connectivity index (χ0) is 43.4. The highest BCUT2D eigenvalue weighted by Gasteiger charge is 2.31. The summed E-state index contributed by atoms with van der Waals surface area (Å²) in [5.74, 6) is 0.653. The Labute approximate surface area is 361 Å². The number of nitrogens with one attached hydrogen (secondary N) is 3. The summed E-state index contributed by atoms with van der Waals surface area (Å²) in [5, 5.41) is 16.0. The van der Waals surface area contributed by atoms with Gasteiger partial charge in [-0.2, -0.15) is 0 Å². The maximum Gasteiger partial charge on any atom is 0.293 e. The van der Waals surface area contributed by atoms with E-state index in [4.69, 9.17) is 14.2 Å². The quantitative estimate of drug-likeness (QED) is 0.0724. The number of amides is 1. The van der Waals surface area contributed by atoms with Gasteiger partial charge in [-0.3, -0.25) is 19.8 Å². The van der Waals surface area contributed by atoms with Gasteiger partial charge in [0.1, 0.15) is 28.6 Å². The van der Waals surface area contributed by atoms with Gasteiger partial charge in [0.2, 0.25) is 0 Å². The fraction of sp³-hybridized carbons (Fsp3) is 0.391. The van der Waals surface area contributed by atoms with Crippen LogP contribution in [0.3, 0.4) is 0 Å². The molecule has 16 heteroatoms. The maximum atomic E-state index is 13.9. The standard InChI is InChI=1S/C46H53N7O8S/c1-46(2)16-12-34(40(27-46)32-4-7-36(59-3)8-5-32)30-51-18-20-52(21-19-51)35-6-10-39(43(25-35)61-37-24-33-13-17-47-44(33)49-29-37)45(54)50-62(57,58)38-9-11-41(42(26-38)53(55)56)48-28-31-14-22-60-23-15-31/h4-11,13,17,24-26,29,31,48H,12,14-16,18-23,27-28,30H2,1-3H3,(H,47,49)(H,50,54). The fourth-order valence-electron chi connectivity index (χ4n) is 8.54. The van der Waals surface area contributed by atoms with Crippen molar-refractivity contribution in [1.82, 2.24) is 19.6 Å². The van der Waals surface area contributed by atoms with Crippen molar-refractivity contribution in [2.45, 2.75) is 50.8 Å². The Kier molecular flexibility index (Phi) is 12.5. The van der Waals surface area contributed by atoms with Crippen LogP contribution in [0, 0.1) is 21.4 Å². The number of rotatable bonds is 14. The van der Waals surface area contributed by atoms with Gasteiger partial charge in [-0.1, -0.05) is 31.6 Å². The van der Waals surface area contributed by atoms with Gasteiger partial charge in [0.15, 0.2) is 0 Å². The minimum Gasteiger partial charge on any atom is -0.497 e. The van der Waals surface area contributed by atoms with Crippen molar-refractivity contribution in [2.24, 2.45) is 11.3 Å². The Morgan fingerprint density at radius 1 is 1.00 bits per heavy atom. The first-order chi connectivity index (χ1) is 29.8. The lowest BCUT2D eigenvalue weighted by molar-refractivity contribution is -0.384. The second kappa shape index (κ2) is 18.2. The molecule has 3 aromatic carbocycles. The number of anilines is 2.